The highest BCUT2D eigenvalue weighted by molar-refractivity contribution is 5.97. The van der Waals surface area contributed by atoms with Crippen LogP contribution in [0.4, 0.5) is 8.78 Å². The van der Waals surface area contributed by atoms with Gasteiger partial charge in [-0.2, -0.15) is 0 Å². The van der Waals surface area contributed by atoms with E-state index in [2.05, 4.69) is 4.98 Å². The Morgan fingerprint density at radius 3 is 2.55 bits per heavy atom. The summed E-state index contributed by atoms with van der Waals surface area (Å²) in [5, 5.41) is 10.8. The van der Waals surface area contributed by atoms with E-state index in [1.54, 1.807) is 22.9 Å². The molecule has 0 aliphatic heterocycles. The second-order valence-electron chi connectivity index (χ2n) is 7.83. The number of rotatable bonds is 6. The predicted octanol–water partition coefficient (Wildman–Crippen LogP) is 5.60. The fourth-order valence-corrected chi connectivity index (χ4v) is 4.03. The Kier molecular flexibility index (Phi) is 5.59. The van der Waals surface area contributed by atoms with Crippen LogP contribution in [0.15, 0.2) is 53.3 Å². The zero-order valence-electron chi connectivity index (χ0n) is 17.2. The number of halogens is 2. The van der Waals surface area contributed by atoms with Crippen LogP contribution in [0.25, 0.3) is 10.9 Å². The third-order valence-corrected chi connectivity index (χ3v) is 5.25. The first-order chi connectivity index (χ1) is 14.8. The van der Waals surface area contributed by atoms with Gasteiger partial charge in [-0.15, -0.1) is 0 Å². The van der Waals surface area contributed by atoms with E-state index in [0.717, 1.165) is 22.7 Å². The Bertz CT molecular complexity index is 1220. The van der Waals surface area contributed by atoms with Crippen molar-refractivity contribution >= 4 is 16.8 Å². The van der Waals surface area contributed by atoms with E-state index in [4.69, 9.17) is 4.42 Å². The van der Waals surface area contributed by atoms with Crippen LogP contribution < -0.4 is 0 Å². The number of carbonyl (C=O) groups excluding carboxylic acids is 1. The summed E-state index contributed by atoms with van der Waals surface area (Å²) < 4.78 is 34.1. The maximum atomic E-state index is 13.5. The molecule has 1 N–H and O–H groups in total. The summed E-state index contributed by atoms with van der Waals surface area (Å²) >= 11 is 0. The summed E-state index contributed by atoms with van der Waals surface area (Å²) in [6.07, 6.45) is 3.70. The van der Waals surface area contributed by atoms with Crippen LogP contribution in [0.5, 0.6) is 5.75 Å². The minimum absolute atomic E-state index is 0.00457. The lowest BCUT2D eigenvalue weighted by Gasteiger charge is -2.14. The Hall–Kier alpha value is -3.48. The summed E-state index contributed by atoms with van der Waals surface area (Å²) in [6.45, 7) is 3.97. The van der Waals surface area contributed by atoms with Gasteiger partial charge in [0.15, 0.2) is 5.89 Å². The number of benzene rings is 2. The summed E-state index contributed by atoms with van der Waals surface area (Å²) in [5.41, 5.74) is 2.74. The average Bonchev–Trinajstić information content (AvgIpc) is 3.32. The molecule has 2 heterocycles. The van der Waals surface area contributed by atoms with Gasteiger partial charge in [-0.1, -0.05) is 13.8 Å². The third kappa shape index (κ3) is 4.21. The van der Waals surface area contributed by atoms with Crippen molar-refractivity contribution in [3.63, 3.8) is 0 Å². The molecule has 0 spiro atoms. The third-order valence-electron chi connectivity index (χ3n) is 5.25. The minimum Gasteiger partial charge on any atom is -0.508 e. The zero-order valence-corrected chi connectivity index (χ0v) is 17.2. The summed E-state index contributed by atoms with van der Waals surface area (Å²) in [4.78, 5) is 17.5. The molecule has 7 heteroatoms. The minimum atomic E-state index is -0.666. The fourth-order valence-electron chi connectivity index (χ4n) is 4.03. The van der Waals surface area contributed by atoms with Crippen molar-refractivity contribution in [1.82, 2.24) is 9.55 Å². The van der Waals surface area contributed by atoms with Gasteiger partial charge in [0.25, 0.3) is 0 Å². The summed E-state index contributed by atoms with van der Waals surface area (Å²) in [5.74, 6) is -0.929. The van der Waals surface area contributed by atoms with E-state index >= 15 is 0 Å². The SMILES string of the molecule is CC(C)c1c(Cc2ncco2)c2cc(O)ccc2n1C(=O)CCc1cc(F)cc(F)c1. The normalized spacial score (nSPS) is 11.5. The predicted molar refractivity (Wildman–Crippen MR) is 112 cm³/mol. The lowest BCUT2D eigenvalue weighted by molar-refractivity contribution is 0.0904. The van der Waals surface area contributed by atoms with Gasteiger partial charge in [-0.25, -0.2) is 13.8 Å². The number of phenols is 1. The molecule has 0 aliphatic rings. The van der Waals surface area contributed by atoms with E-state index in [9.17, 15) is 18.7 Å². The molecule has 0 amide bonds. The second-order valence-corrected chi connectivity index (χ2v) is 7.83. The Morgan fingerprint density at radius 1 is 1.16 bits per heavy atom. The molecular weight excluding hydrogens is 402 g/mol. The van der Waals surface area contributed by atoms with Gasteiger partial charge in [0.05, 0.1) is 18.1 Å². The molecular formula is C24H22F2N2O3. The number of aryl methyl sites for hydroxylation is 1. The smallest absolute Gasteiger partial charge is 0.231 e. The van der Waals surface area contributed by atoms with Crippen LogP contribution in [-0.2, 0) is 12.8 Å². The van der Waals surface area contributed by atoms with E-state index in [1.165, 1.54) is 24.5 Å². The highest BCUT2D eigenvalue weighted by Crippen LogP contribution is 2.35. The van der Waals surface area contributed by atoms with Crippen LogP contribution in [0.2, 0.25) is 0 Å². The molecule has 31 heavy (non-hydrogen) atoms. The van der Waals surface area contributed by atoms with Crippen molar-refractivity contribution in [3.05, 3.63) is 83.2 Å². The average molecular weight is 424 g/mol. The van der Waals surface area contributed by atoms with E-state index in [1.807, 2.05) is 13.8 Å². The molecule has 0 atom stereocenters. The molecule has 0 saturated carbocycles. The number of carbonyl (C=O) groups is 1. The van der Waals surface area contributed by atoms with Crippen molar-refractivity contribution in [1.29, 1.82) is 0 Å². The van der Waals surface area contributed by atoms with Gasteiger partial charge in [0, 0.05) is 23.6 Å². The number of hydrogen-bond donors (Lipinski definition) is 1. The maximum Gasteiger partial charge on any atom is 0.231 e. The Balaban J connectivity index is 1.77. The highest BCUT2D eigenvalue weighted by atomic mass is 19.1. The number of aromatic hydroxyl groups is 1. The molecule has 0 aliphatic carbocycles. The van der Waals surface area contributed by atoms with Crippen LogP contribution in [0.3, 0.4) is 0 Å². The van der Waals surface area contributed by atoms with E-state index < -0.39 is 11.6 Å². The first kappa shape index (κ1) is 20.8. The molecule has 5 nitrogen and oxygen atoms in total. The van der Waals surface area contributed by atoms with Crippen molar-refractivity contribution < 1.29 is 23.1 Å². The lowest BCUT2D eigenvalue weighted by atomic mass is 10.0. The van der Waals surface area contributed by atoms with Crippen LogP contribution in [0, 0.1) is 11.6 Å². The largest absolute Gasteiger partial charge is 0.508 e. The standard InChI is InChI=1S/C24H22F2N2O3/c1-14(2)24-20(13-22-27-7-8-31-22)19-12-18(29)4-5-21(19)28(24)23(30)6-3-15-9-16(25)11-17(26)10-15/h4-5,7-12,14,29H,3,6,13H2,1-2H3. The van der Waals surface area contributed by atoms with Gasteiger partial charge in [0.2, 0.25) is 5.91 Å². The number of phenolic OH excluding ortho intramolecular Hbond substituents is 1. The van der Waals surface area contributed by atoms with Gasteiger partial charge < -0.3 is 9.52 Å². The molecule has 2 aromatic heterocycles. The number of aromatic nitrogens is 2. The first-order valence-corrected chi connectivity index (χ1v) is 10.1. The van der Waals surface area contributed by atoms with Crippen LogP contribution in [0.1, 0.15) is 53.7 Å². The lowest BCUT2D eigenvalue weighted by Crippen LogP contribution is -2.16. The van der Waals surface area contributed by atoms with Crippen molar-refractivity contribution in [3.8, 4) is 5.75 Å². The number of oxazole rings is 1. The second kappa shape index (κ2) is 8.34. The zero-order chi connectivity index (χ0) is 22.1. The molecule has 0 fully saturated rings. The summed E-state index contributed by atoms with van der Waals surface area (Å²) in [7, 11) is 0. The number of nitrogens with zero attached hydrogens (tertiary/aromatic N) is 2. The van der Waals surface area contributed by atoms with Gasteiger partial charge in [0.1, 0.15) is 23.6 Å². The highest BCUT2D eigenvalue weighted by Gasteiger charge is 2.24. The number of fused-ring (bicyclic) bond motifs is 1. The van der Waals surface area contributed by atoms with E-state index in [-0.39, 0.29) is 30.4 Å². The molecule has 0 bridgehead atoms. The molecule has 4 aromatic rings. The van der Waals surface area contributed by atoms with Gasteiger partial charge in [-0.05, 0) is 53.8 Å². The maximum absolute atomic E-state index is 13.5. The van der Waals surface area contributed by atoms with E-state index in [0.29, 0.717) is 23.4 Å². The van der Waals surface area contributed by atoms with Crippen molar-refractivity contribution in [2.45, 2.75) is 39.0 Å². The molecule has 160 valence electrons. The monoisotopic (exact) mass is 424 g/mol. The van der Waals surface area contributed by atoms with Crippen LogP contribution >= 0.6 is 0 Å². The van der Waals surface area contributed by atoms with Crippen molar-refractivity contribution in [2.24, 2.45) is 0 Å². The fraction of sp³-hybridized carbons (Fsp3) is 0.250. The molecule has 0 unspecified atom stereocenters. The molecule has 2 aromatic carbocycles. The Labute approximate surface area is 178 Å². The summed E-state index contributed by atoms with van der Waals surface area (Å²) in [6, 6.07) is 8.15. The number of hydrogen-bond acceptors (Lipinski definition) is 4. The van der Waals surface area contributed by atoms with Crippen molar-refractivity contribution in [2.75, 3.05) is 0 Å². The van der Waals surface area contributed by atoms with Gasteiger partial charge in [-0.3, -0.25) is 9.36 Å². The van der Waals surface area contributed by atoms with Gasteiger partial charge >= 0.3 is 0 Å². The van der Waals surface area contributed by atoms with Crippen LogP contribution in [-0.4, -0.2) is 20.6 Å². The quantitative estimate of drug-likeness (QED) is 0.437. The molecule has 0 radical (unpaired) electrons. The first-order valence-electron chi connectivity index (χ1n) is 10.1. The molecule has 4 rings (SSSR count). The molecule has 0 saturated heterocycles. The topological polar surface area (TPSA) is 68.3 Å². The Morgan fingerprint density at radius 2 is 1.90 bits per heavy atom.